The molecule has 0 aliphatic carbocycles. The van der Waals surface area contributed by atoms with Crippen LogP contribution in [0, 0.1) is 6.92 Å². The van der Waals surface area contributed by atoms with Crippen LogP contribution in [0.25, 0.3) is 0 Å². The largest absolute Gasteiger partial charge is 0.301 e. The number of amides is 1. The Bertz CT molecular complexity index is 890. The molecule has 7 heteroatoms. The summed E-state index contributed by atoms with van der Waals surface area (Å²) >= 11 is 1.18. The fraction of sp³-hybridized carbons (Fsp3) is 0.105. The van der Waals surface area contributed by atoms with E-state index in [9.17, 15) is 9.59 Å². The molecule has 1 aromatic heterocycles. The summed E-state index contributed by atoms with van der Waals surface area (Å²) in [6.07, 6.45) is 0. The summed E-state index contributed by atoms with van der Waals surface area (Å²) < 4.78 is 0. The highest BCUT2D eigenvalue weighted by Crippen LogP contribution is 2.22. The van der Waals surface area contributed by atoms with Gasteiger partial charge >= 0.3 is 0 Å². The predicted octanol–water partition coefficient (Wildman–Crippen LogP) is 3.04. The van der Waals surface area contributed by atoms with Crippen LogP contribution < -0.4 is 16.0 Å². The number of para-hydroxylation sites is 2. The van der Waals surface area contributed by atoms with Crippen LogP contribution in [-0.4, -0.2) is 21.6 Å². The van der Waals surface area contributed by atoms with E-state index in [-0.39, 0.29) is 17.2 Å². The van der Waals surface area contributed by atoms with Crippen molar-refractivity contribution in [3.05, 3.63) is 82.8 Å². The lowest BCUT2D eigenvalue weighted by atomic mass is 10.2. The third kappa shape index (κ3) is 4.73. The highest BCUT2D eigenvalue weighted by atomic mass is 32.2. The molecule has 26 heavy (non-hydrogen) atoms. The molecule has 0 unspecified atom stereocenters. The maximum atomic E-state index is 12.4. The molecule has 0 bridgehead atoms. The lowest BCUT2D eigenvalue weighted by Crippen LogP contribution is -2.40. The summed E-state index contributed by atoms with van der Waals surface area (Å²) in [4.78, 5) is 30.8. The third-order valence-corrected chi connectivity index (χ3v) is 4.33. The molecule has 6 nitrogen and oxygen atoms in total. The zero-order valence-corrected chi connectivity index (χ0v) is 15.0. The number of nitrogens with one attached hydrogen (secondary N) is 2. The number of hydrazine groups is 1. The number of aryl methyl sites for hydroxylation is 1. The Morgan fingerprint density at radius 1 is 1.08 bits per heavy atom. The van der Waals surface area contributed by atoms with Gasteiger partial charge in [0.15, 0.2) is 5.16 Å². The summed E-state index contributed by atoms with van der Waals surface area (Å²) in [7, 11) is 0. The SMILES string of the molecule is Cc1cc(=O)[nH]c(SCC(=O)NN(c2ccccc2)c2ccccc2)n1. The average molecular weight is 366 g/mol. The number of thioether (sulfide) groups is 1. The Morgan fingerprint density at radius 2 is 1.65 bits per heavy atom. The second-order valence-corrected chi connectivity index (χ2v) is 6.49. The van der Waals surface area contributed by atoms with Crippen molar-refractivity contribution in [2.75, 3.05) is 10.8 Å². The molecule has 132 valence electrons. The minimum Gasteiger partial charge on any atom is -0.301 e. The van der Waals surface area contributed by atoms with Crippen LogP contribution in [0.2, 0.25) is 0 Å². The maximum absolute atomic E-state index is 12.4. The zero-order valence-electron chi connectivity index (χ0n) is 14.2. The second-order valence-electron chi connectivity index (χ2n) is 5.52. The van der Waals surface area contributed by atoms with E-state index in [2.05, 4.69) is 15.4 Å². The zero-order chi connectivity index (χ0) is 18.4. The van der Waals surface area contributed by atoms with Gasteiger partial charge in [-0.05, 0) is 31.2 Å². The lowest BCUT2D eigenvalue weighted by Gasteiger charge is -2.25. The number of carbonyl (C=O) groups is 1. The van der Waals surface area contributed by atoms with Crippen molar-refractivity contribution in [3.8, 4) is 0 Å². The van der Waals surface area contributed by atoms with Gasteiger partial charge in [-0.25, -0.2) is 4.98 Å². The minimum atomic E-state index is -0.226. The van der Waals surface area contributed by atoms with Gasteiger partial charge in [0.25, 0.3) is 5.56 Å². The summed E-state index contributed by atoms with van der Waals surface area (Å²) in [5.74, 6) is -0.0744. The molecule has 2 aromatic carbocycles. The van der Waals surface area contributed by atoms with Gasteiger partial charge < -0.3 is 4.98 Å². The van der Waals surface area contributed by atoms with Gasteiger partial charge in [0, 0.05) is 11.8 Å². The van der Waals surface area contributed by atoms with E-state index in [1.54, 1.807) is 11.9 Å². The summed E-state index contributed by atoms with van der Waals surface area (Å²) in [5.41, 5.74) is 4.99. The fourth-order valence-electron chi connectivity index (χ4n) is 2.34. The smallest absolute Gasteiger partial charge is 0.251 e. The van der Waals surface area contributed by atoms with Crippen molar-refractivity contribution in [2.24, 2.45) is 0 Å². The molecule has 0 aliphatic rings. The first-order valence-electron chi connectivity index (χ1n) is 8.02. The van der Waals surface area contributed by atoms with Crippen molar-refractivity contribution in [3.63, 3.8) is 0 Å². The van der Waals surface area contributed by atoms with Crippen LogP contribution in [0.3, 0.4) is 0 Å². The Labute approximate surface area is 155 Å². The van der Waals surface area contributed by atoms with Crippen LogP contribution in [-0.2, 0) is 4.79 Å². The Morgan fingerprint density at radius 3 is 2.19 bits per heavy atom. The molecule has 0 aliphatic heterocycles. The number of rotatable bonds is 6. The number of nitrogens with zero attached hydrogens (tertiary/aromatic N) is 2. The van der Waals surface area contributed by atoms with Crippen LogP contribution >= 0.6 is 11.8 Å². The Kier molecular flexibility index (Phi) is 5.70. The number of anilines is 2. The van der Waals surface area contributed by atoms with E-state index < -0.39 is 0 Å². The monoisotopic (exact) mass is 366 g/mol. The number of benzene rings is 2. The first kappa shape index (κ1) is 17.8. The highest BCUT2D eigenvalue weighted by Gasteiger charge is 2.13. The van der Waals surface area contributed by atoms with Gasteiger partial charge in [0.2, 0.25) is 5.91 Å². The molecule has 3 rings (SSSR count). The number of aromatic nitrogens is 2. The molecule has 1 amide bonds. The number of hydrogen-bond donors (Lipinski definition) is 2. The second kappa shape index (κ2) is 8.35. The van der Waals surface area contributed by atoms with Gasteiger partial charge in [-0.2, -0.15) is 0 Å². The molecular formula is C19H18N4O2S. The highest BCUT2D eigenvalue weighted by molar-refractivity contribution is 7.99. The molecule has 0 radical (unpaired) electrons. The van der Waals surface area contributed by atoms with E-state index in [0.29, 0.717) is 10.9 Å². The predicted molar refractivity (Wildman–Crippen MR) is 103 cm³/mol. The number of carbonyl (C=O) groups excluding carboxylic acids is 1. The first-order valence-corrected chi connectivity index (χ1v) is 9.01. The van der Waals surface area contributed by atoms with Gasteiger partial charge in [0.05, 0.1) is 17.1 Å². The molecule has 2 N–H and O–H groups in total. The summed E-state index contributed by atoms with van der Waals surface area (Å²) in [5, 5.41) is 2.16. The van der Waals surface area contributed by atoms with Crippen molar-refractivity contribution >= 4 is 29.0 Å². The van der Waals surface area contributed by atoms with Crippen LogP contribution in [0.1, 0.15) is 5.69 Å². The molecule has 0 saturated heterocycles. The van der Waals surface area contributed by atoms with E-state index in [1.165, 1.54) is 17.8 Å². The van der Waals surface area contributed by atoms with Crippen molar-refractivity contribution < 1.29 is 4.79 Å². The molecule has 3 aromatic rings. The van der Waals surface area contributed by atoms with E-state index >= 15 is 0 Å². The van der Waals surface area contributed by atoms with Gasteiger partial charge in [0.1, 0.15) is 0 Å². The number of hydrogen-bond acceptors (Lipinski definition) is 5. The van der Waals surface area contributed by atoms with Gasteiger partial charge in [-0.1, -0.05) is 48.2 Å². The number of aromatic amines is 1. The molecule has 0 saturated carbocycles. The summed E-state index contributed by atoms with van der Waals surface area (Å²) in [6.45, 7) is 1.74. The van der Waals surface area contributed by atoms with E-state index in [1.807, 2.05) is 60.7 Å². The van der Waals surface area contributed by atoms with Crippen molar-refractivity contribution in [1.82, 2.24) is 15.4 Å². The van der Waals surface area contributed by atoms with Crippen molar-refractivity contribution in [2.45, 2.75) is 12.1 Å². The molecule has 1 heterocycles. The van der Waals surface area contributed by atoms with Crippen LogP contribution in [0.5, 0.6) is 0 Å². The number of H-pyrrole nitrogens is 1. The quantitative estimate of drug-likeness (QED) is 0.398. The van der Waals surface area contributed by atoms with Gasteiger partial charge in [-0.3, -0.25) is 20.0 Å². The lowest BCUT2D eigenvalue weighted by molar-refractivity contribution is -0.118. The van der Waals surface area contributed by atoms with Crippen LogP contribution in [0.4, 0.5) is 11.4 Å². The maximum Gasteiger partial charge on any atom is 0.251 e. The van der Waals surface area contributed by atoms with E-state index in [4.69, 9.17) is 0 Å². The van der Waals surface area contributed by atoms with Crippen LogP contribution in [0.15, 0.2) is 76.7 Å². The normalized spacial score (nSPS) is 10.3. The molecule has 0 atom stereocenters. The third-order valence-electron chi connectivity index (χ3n) is 3.45. The Balaban J connectivity index is 1.72. The standard InChI is InChI=1S/C19H18N4O2S/c1-14-12-17(24)21-19(20-14)26-13-18(25)22-23(15-8-4-2-5-9-15)16-10-6-3-7-11-16/h2-12H,13H2,1H3,(H,22,25)(H,20,21,24). The fourth-order valence-corrected chi connectivity index (χ4v) is 3.06. The average Bonchev–Trinajstić information content (AvgIpc) is 2.65. The summed E-state index contributed by atoms with van der Waals surface area (Å²) in [6, 6.07) is 20.6. The first-order chi connectivity index (χ1) is 12.6. The van der Waals surface area contributed by atoms with E-state index in [0.717, 1.165) is 11.4 Å². The minimum absolute atomic E-state index is 0.128. The Hall–Kier alpha value is -3.06. The molecule has 0 spiro atoms. The van der Waals surface area contributed by atoms with Gasteiger partial charge in [-0.15, -0.1) is 0 Å². The molecule has 0 fully saturated rings. The van der Waals surface area contributed by atoms with Crippen molar-refractivity contribution in [1.29, 1.82) is 0 Å². The topological polar surface area (TPSA) is 78.1 Å². The molecular weight excluding hydrogens is 348 g/mol.